The molecule has 2 rings (SSSR count). The van der Waals surface area contributed by atoms with Crippen LogP contribution in [0.3, 0.4) is 0 Å². The van der Waals surface area contributed by atoms with E-state index in [0.717, 1.165) is 22.6 Å². The number of hydrogen-bond acceptors (Lipinski definition) is 4. The first-order valence-corrected chi connectivity index (χ1v) is 7.81. The number of amides is 1. The standard InChI is InChI=1S/C19H23NO4/c1-14-10-15(2)12-18(11-14)24-13-19(21)20-8-9-23-17-6-4-16(22-3)5-7-17/h4-7,10-12H,8-9,13H2,1-3H3,(H,20,21). The highest BCUT2D eigenvalue weighted by molar-refractivity contribution is 5.77. The van der Waals surface area contributed by atoms with E-state index in [1.165, 1.54) is 0 Å². The van der Waals surface area contributed by atoms with Gasteiger partial charge in [-0.2, -0.15) is 0 Å². The molecule has 24 heavy (non-hydrogen) atoms. The molecule has 0 aromatic heterocycles. The van der Waals surface area contributed by atoms with Gasteiger partial charge in [0, 0.05) is 0 Å². The molecule has 0 saturated heterocycles. The summed E-state index contributed by atoms with van der Waals surface area (Å²) in [5.41, 5.74) is 2.22. The van der Waals surface area contributed by atoms with Crippen LogP contribution in [0.4, 0.5) is 0 Å². The minimum atomic E-state index is -0.174. The van der Waals surface area contributed by atoms with Crippen LogP contribution >= 0.6 is 0 Å². The van der Waals surface area contributed by atoms with E-state index in [-0.39, 0.29) is 12.5 Å². The van der Waals surface area contributed by atoms with Gasteiger partial charge in [-0.25, -0.2) is 0 Å². The molecule has 1 N–H and O–H groups in total. The molecule has 0 unspecified atom stereocenters. The van der Waals surface area contributed by atoms with E-state index in [9.17, 15) is 4.79 Å². The summed E-state index contributed by atoms with van der Waals surface area (Å²) in [6.07, 6.45) is 0. The van der Waals surface area contributed by atoms with E-state index in [1.807, 2.05) is 50.2 Å². The average molecular weight is 329 g/mol. The van der Waals surface area contributed by atoms with Crippen LogP contribution in [0.5, 0.6) is 17.2 Å². The van der Waals surface area contributed by atoms with Crippen molar-refractivity contribution in [3.05, 3.63) is 53.6 Å². The van der Waals surface area contributed by atoms with Gasteiger partial charge >= 0.3 is 0 Å². The van der Waals surface area contributed by atoms with Crippen LogP contribution in [0.25, 0.3) is 0 Å². The van der Waals surface area contributed by atoms with Crippen molar-refractivity contribution < 1.29 is 19.0 Å². The maximum Gasteiger partial charge on any atom is 0.258 e. The number of ether oxygens (including phenoxy) is 3. The van der Waals surface area contributed by atoms with Crippen LogP contribution in [0.2, 0.25) is 0 Å². The van der Waals surface area contributed by atoms with Gasteiger partial charge in [-0.15, -0.1) is 0 Å². The van der Waals surface area contributed by atoms with Gasteiger partial charge in [0.05, 0.1) is 13.7 Å². The maximum absolute atomic E-state index is 11.8. The molecule has 0 radical (unpaired) electrons. The lowest BCUT2D eigenvalue weighted by Crippen LogP contribution is -2.32. The molecule has 1 amide bonds. The summed E-state index contributed by atoms with van der Waals surface area (Å²) >= 11 is 0. The molecule has 0 aliphatic rings. The zero-order chi connectivity index (χ0) is 17.4. The van der Waals surface area contributed by atoms with Gasteiger partial charge in [0.1, 0.15) is 23.9 Å². The summed E-state index contributed by atoms with van der Waals surface area (Å²) in [6, 6.07) is 13.2. The number of aryl methyl sites for hydroxylation is 2. The largest absolute Gasteiger partial charge is 0.497 e. The molecule has 0 aliphatic carbocycles. The van der Waals surface area contributed by atoms with Crippen molar-refractivity contribution >= 4 is 5.91 Å². The van der Waals surface area contributed by atoms with Crippen LogP contribution in [-0.2, 0) is 4.79 Å². The zero-order valence-electron chi connectivity index (χ0n) is 14.3. The van der Waals surface area contributed by atoms with E-state index in [2.05, 4.69) is 11.4 Å². The zero-order valence-corrected chi connectivity index (χ0v) is 14.3. The van der Waals surface area contributed by atoms with Crippen LogP contribution in [0.1, 0.15) is 11.1 Å². The third kappa shape index (κ3) is 5.83. The number of carbonyl (C=O) groups excluding carboxylic acids is 1. The quantitative estimate of drug-likeness (QED) is 0.757. The smallest absolute Gasteiger partial charge is 0.258 e. The van der Waals surface area contributed by atoms with Crippen molar-refractivity contribution in [1.82, 2.24) is 5.32 Å². The van der Waals surface area contributed by atoms with Crippen molar-refractivity contribution in [3.63, 3.8) is 0 Å². The second kappa shape index (κ2) is 8.82. The van der Waals surface area contributed by atoms with Gasteiger partial charge < -0.3 is 19.5 Å². The van der Waals surface area contributed by atoms with Gasteiger partial charge in [0.2, 0.25) is 0 Å². The molecule has 0 saturated carbocycles. The molecular formula is C19H23NO4. The normalized spacial score (nSPS) is 10.1. The highest BCUT2D eigenvalue weighted by Gasteiger charge is 2.03. The van der Waals surface area contributed by atoms with Crippen LogP contribution < -0.4 is 19.5 Å². The van der Waals surface area contributed by atoms with E-state index in [4.69, 9.17) is 14.2 Å². The molecule has 0 atom stereocenters. The third-order valence-corrected chi connectivity index (χ3v) is 3.32. The van der Waals surface area contributed by atoms with Crippen LogP contribution in [0.15, 0.2) is 42.5 Å². The maximum atomic E-state index is 11.8. The topological polar surface area (TPSA) is 56.8 Å². The van der Waals surface area contributed by atoms with E-state index < -0.39 is 0 Å². The minimum Gasteiger partial charge on any atom is -0.497 e. The third-order valence-electron chi connectivity index (χ3n) is 3.32. The molecule has 0 fully saturated rings. The second-order valence-corrected chi connectivity index (χ2v) is 5.49. The Balaban J connectivity index is 1.65. The lowest BCUT2D eigenvalue weighted by Gasteiger charge is -2.10. The summed E-state index contributed by atoms with van der Waals surface area (Å²) < 4.78 is 16.1. The lowest BCUT2D eigenvalue weighted by atomic mass is 10.1. The first-order chi connectivity index (χ1) is 11.6. The Morgan fingerprint density at radius 3 is 2.17 bits per heavy atom. The Labute approximate surface area is 142 Å². The minimum absolute atomic E-state index is 0.00850. The summed E-state index contributed by atoms with van der Waals surface area (Å²) in [5.74, 6) is 2.04. The predicted octanol–water partition coefficient (Wildman–Crippen LogP) is 2.89. The number of nitrogens with one attached hydrogen (secondary N) is 1. The van der Waals surface area contributed by atoms with Gasteiger partial charge in [-0.3, -0.25) is 4.79 Å². The number of hydrogen-bond donors (Lipinski definition) is 1. The van der Waals surface area contributed by atoms with E-state index in [0.29, 0.717) is 18.9 Å². The highest BCUT2D eigenvalue weighted by Crippen LogP contribution is 2.17. The summed E-state index contributed by atoms with van der Waals surface area (Å²) in [5, 5.41) is 2.76. The Bertz CT molecular complexity index is 647. The summed E-state index contributed by atoms with van der Waals surface area (Å²) in [7, 11) is 1.62. The van der Waals surface area contributed by atoms with E-state index >= 15 is 0 Å². The number of rotatable bonds is 8. The number of benzene rings is 2. The molecule has 0 aliphatic heterocycles. The first kappa shape index (κ1) is 17.7. The van der Waals surface area contributed by atoms with Crippen molar-refractivity contribution in [2.45, 2.75) is 13.8 Å². The van der Waals surface area contributed by atoms with Crippen LogP contribution in [0, 0.1) is 13.8 Å². The SMILES string of the molecule is COc1ccc(OCCNC(=O)COc2cc(C)cc(C)c2)cc1. The fourth-order valence-corrected chi connectivity index (χ4v) is 2.25. The molecule has 2 aromatic rings. The van der Waals surface area contributed by atoms with Gasteiger partial charge in [-0.05, 0) is 61.4 Å². The predicted molar refractivity (Wildman–Crippen MR) is 92.9 cm³/mol. The number of carbonyl (C=O) groups is 1. The van der Waals surface area contributed by atoms with Crippen molar-refractivity contribution in [2.24, 2.45) is 0 Å². The highest BCUT2D eigenvalue weighted by atomic mass is 16.5. The molecule has 128 valence electrons. The van der Waals surface area contributed by atoms with Gasteiger partial charge in [0.15, 0.2) is 6.61 Å². The fraction of sp³-hybridized carbons (Fsp3) is 0.316. The Kier molecular flexibility index (Phi) is 6.49. The molecule has 5 nitrogen and oxygen atoms in total. The van der Waals surface area contributed by atoms with Crippen molar-refractivity contribution in [1.29, 1.82) is 0 Å². The summed E-state index contributed by atoms with van der Waals surface area (Å²) in [6.45, 7) is 4.79. The molecule has 0 spiro atoms. The second-order valence-electron chi connectivity index (χ2n) is 5.49. The monoisotopic (exact) mass is 329 g/mol. The first-order valence-electron chi connectivity index (χ1n) is 7.81. The average Bonchev–Trinajstić information content (AvgIpc) is 2.56. The Hall–Kier alpha value is -2.69. The molecular weight excluding hydrogens is 306 g/mol. The van der Waals surface area contributed by atoms with Crippen LogP contribution in [-0.4, -0.2) is 32.8 Å². The van der Waals surface area contributed by atoms with Gasteiger partial charge in [-0.1, -0.05) is 6.07 Å². The summed E-state index contributed by atoms with van der Waals surface area (Å²) in [4.78, 5) is 11.8. The van der Waals surface area contributed by atoms with Gasteiger partial charge in [0.25, 0.3) is 5.91 Å². The molecule has 5 heteroatoms. The van der Waals surface area contributed by atoms with E-state index in [1.54, 1.807) is 7.11 Å². The Morgan fingerprint density at radius 2 is 1.54 bits per heavy atom. The molecule has 2 aromatic carbocycles. The fourth-order valence-electron chi connectivity index (χ4n) is 2.25. The van der Waals surface area contributed by atoms with Crippen molar-refractivity contribution in [3.8, 4) is 17.2 Å². The molecule has 0 heterocycles. The Morgan fingerprint density at radius 1 is 0.917 bits per heavy atom. The molecule has 0 bridgehead atoms. The van der Waals surface area contributed by atoms with Crippen molar-refractivity contribution in [2.75, 3.05) is 26.9 Å². The lowest BCUT2D eigenvalue weighted by molar-refractivity contribution is -0.123. The number of methoxy groups -OCH3 is 1.